The maximum absolute atomic E-state index is 13.5. The maximum atomic E-state index is 13.5. The van der Waals surface area contributed by atoms with Crippen LogP contribution in [0.3, 0.4) is 0 Å². The van der Waals surface area contributed by atoms with Crippen molar-refractivity contribution in [2.75, 3.05) is 5.32 Å². The Bertz CT molecular complexity index is 780. The molecule has 1 aliphatic rings. The van der Waals surface area contributed by atoms with Crippen molar-refractivity contribution in [2.24, 2.45) is 0 Å². The zero-order valence-electron chi connectivity index (χ0n) is 10.1. The molecule has 0 fully saturated rings. The van der Waals surface area contributed by atoms with Gasteiger partial charge in [-0.2, -0.15) is 4.72 Å². The number of nitrogens with one attached hydrogen (secondary N) is 2. The van der Waals surface area contributed by atoms with Crippen molar-refractivity contribution in [3.8, 4) is 0 Å². The molecule has 0 aromatic heterocycles. The van der Waals surface area contributed by atoms with Crippen molar-refractivity contribution in [3.05, 3.63) is 58.9 Å². The van der Waals surface area contributed by atoms with Gasteiger partial charge in [0.15, 0.2) is 0 Å². The predicted molar refractivity (Wildman–Crippen MR) is 74.5 cm³/mol. The second-order valence-corrected chi connectivity index (χ2v) is 6.46. The molecule has 3 rings (SSSR count). The Morgan fingerprint density at radius 3 is 2.65 bits per heavy atom. The molecule has 2 aromatic carbocycles. The largest absolute Gasteiger partial charge is 0.364 e. The van der Waals surface area contributed by atoms with Crippen LogP contribution in [0.4, 0.5) is 10.1 Å². The first-order valence-corrected chi connectivity index (χ1v) is 7.66. The first-order valence-electron chi connectivity index (χ1n) is 5.80. The van der Waals surface area contributed by atoms with E-state index in [2.05, 4.69) is 10.0 Å². The molecule has 104 valence electrons. The van der Waals surface area contributed by atoms with Gasteiger partial charge in [0.1, 0.15) is 16.9 Å². The van der Waals surface area contributed by atoms with Crippen LogP contribution in [0.15, 0.2) is 47.4 Å². The number of para-hydroxylation sites is 1. The molecule has 4 nitrogen and oxygen atoms in total. The molecular weight excluding hydrogens is 303 g/mol. The Labute approximate surface area is 120 Å². The van der Waals surface area contributed by atoms with Gasteiger partial charge in [0.2, 0.25) is 10.0 Å². The van der Waals surface area contributed by atoms with Crippen molar-refractivity contribution >= 4 is 27.3 Å². The van der Waals surface area contributed by atoms with Crippen LogP contribution < -0.4 is 10.0 Å². The molecular formula is C13H10ClFN2O2S. The van der Waals surface area contributed by atoms with E-state index < -0.39 is 22.0 Å². The fraction of sp³-hybridized carbons (Fsp3) is 0.0769. The highest BCUT2D eigenvalue weighted by atomic mass is 35.5. The zero-order valence-corrected chi connectivity index (χ0v) is 11.7. The van der Waals surface area contributed by atoms with Gasteiger partial charge in [0, 0.05) is 0 Å². The summed E-state index contributed by atoms with van der Waals surface area (Å²) in [5, 5.41) is 3.01. The van der Waals surface area contributed by atoms with Crippen LogP contribution in [0.5, 0.6) is 0 Å². The zero-order chi connectivity index (χ0) is 14.3. The van der Waals surface area contributed by atoms with Crippen molar-refractivity contribution in [2.45, 2.75) is 11.1 Å². The van der Waals surface area contributed by atoms with Crippen LogP contribution in [0.2, 0.25) is 5.02 Å². The molecule has 0 saturated heterocycles. The van der Waals surface area contributed by atoms with Gasteiger partial charge in [-0.15, -0.1) is 0 Å². The van der Waals surface area contributed by atoms with Gasteiger partial charge in [0.25, 0.3) is 0 Å². The van der Waals surface area contributed by atoms with E-state index in [4.69, 9.17) is 11.6 Å². The highest BCUT2D eigenvalue weighted by Crippen LogP contribution is 2.31. The van der Waals surface area contributed by atoms with Gasteiger partial charge in [-0.25, -0.2) is 12.8 Å². The van der Waals surface area contributed by atoms with E-state index in [0.29, 0.717) is 11.3 Å². The highest BCUT2D eigenvalue weighted by Gasteiger charge is 2.29. The SMILES string of the molecule is O=S1(=O)NC(c2ccc(Cl)c(F)c2)Nc2ccccc21. The van der Waals surface area contributed by atoms with Crippen LogP contribution in [0.1, 0.15) is 11.7 Å². The molecule has 2 N–H and O–H groups in total. The lowest BCUT2D eigenvalue weighted by molar-refractivity contribution is 0.560. The lowest BCUT2D eigenvalue weighted by atomic mass is 10.1. The summed E-state index contributed by atoms with van der Waals surface area (Å²) in [6.45, 7) is 0. The third kappa shape index (κ3) is 2.26. The number of halogens is 2. The number of fused-ring (bicyclic) bond motifs is 1. The first kappa shape index (κ1) is 13.4. The maximum Gasteiger partial charge on any atom is 0.244 e. The smallest absolute Gasteiger partial charge is 0.244 e. The summed E-state index contributed by atoms with van der Waals surface area (Å²) in [7, 11) is -3.63. The minimum atomic E-state index is -3.63. The molecule has 1 atom stereocenters. The van der Waals surface area contributed by atoms with E-state index in [1.807, 2.05) is 0 Å². The molecule has 1 unspecified atom stereocenters. The topological polar surface area (TPSA) is 58.2 Å². The summed E-state index contributed by atoms with van der Waals surface area (Å²) in [4.78, 5) is 0.172. The summed E-state index contributed by atoms with van der Waals surface area (Å²) in [6, 6.07) is 10.7. The van der Waals surface area contributed by atoms with Crippen LogP contribution in [0, 0.1) is 5.82 Å². The molecule has 7 heteroatoms. The van der Waals surface area contributed by atoms with Crippen LogP contribution >= 0.6 is 11.6 Å². The first-order chi connectivity index (χ1) is 9.47. The number of benzene rings is 2. The Kier molecular flexibility index (Phi) is 3.16. The number of hydrogen-bond acceptors (Lipinski definition) is 3. The molecule has 0 amide bonds. The van der Waals surface area contributed by atoms with Crippen molar-refractivity contribution in [3.63, 3.8) is 0 Å². The number of anilines is 1. The minimum absolute atomic E-state index is 0.00665. The van der Waals surface area contributed by atoms with E-state index in [-0.39, 0.29) is 9.92 Å². The van der Waals surface area contributed by atoms with E-state index >= 15 is 0 Å². The average molecular weight is 313 g/mol. The van der Waals surface area contributed by atoms with Gasteiger partial charge in [-0.1, -0.05) is 29.8 Å². The van der Waals surface area contributed by atoms with Gasteiger partial charge in [-0.05, 0) is 29.8 Å². The molecule has 1 aliphatic heterocycles. The Morgan fingerprint density at radius 1 is 1.15 bits per heavy atom. The second kappa shape index (κ2) is 4.73. The lowest BCUT2D eigenvalue weighted by Gasteiger charge is -2.28. The highest BCUT2D eigenvalue weighted by molar-refractivity contribution is 7.89. The third-order valence-corrected chi connectivity index (χ3v) is 4.81. The van der Waals surface area contributed by atoms with Crippen LogP contribution in [-0.2, 0) is 10.0 Å². The molecule has 0 bridgehead atoms. The summed E-state index contributed by atoms with van der Waals surface area (Å²) in [5.41, 5.74) is 0.927. The van der Waals surface area contributed by atoms with E-state index in [0.717, 1.165) is 0 Å². The molecule has 0 radical (unpaired) electrons. The fourth-order valence-corrected chi connectivity index (χ4v) is 3.49. The van der Waals surface area contributed by atoms with Crippen LogP contribution in [-0.4, -0.2) is 8.42 Å². The van der Waals surface area contributed by atoms with E-state index in [1.165, 1.54) is 18.2 Å². The summed E-state index contributed by atoms with van der Waals surface area (Å²) in [6.07, 6.45) is -0.735. The van der Waals surface area contributed by atoms with Gasteiger partial charge >= 0.3 is 0 Å². The summed E-state index contributed by atoms with van der Waals surface area (Å²) >= 11 is 5.62. The average Bonchev–Trinajstić information content (AvgIpc) is 2.41. The monoisotopic (exact) mass is 312 g/mol. The summed E-state index contributed by atoms with van der Waals surface area (Å²) in [5.74, 6) is -0.593. The van der Waals surface area contributed by atoms with E-state index in [9.17, 15) is 12.8 Å². The Balaban J connectivity index is 2.05. The minimum Gasteiger partial charge on any atom is -0.364 e. The molecule has 0 aliphatic carbocycles. The Morgan fingerprint density at radius 2 is 1.90 bits per heavy atom. The predicted octanol–water partition coefficient (Wildman–Crippen LogP) is 2.88. The molecule has 0 saturated carbocycles. The number of rotatable bonds is 1. The standard InChI is InChI=1S/C13H10ClFN2O2S/c14-9-6-5-8(7-10(9)15)13-16-11-3-1-2-4-12(11)20(18,19)17-13/h1-7,13,16-17H. The lowest BCUT2D eigenvalue weighted by Crippen LogP contribution is -2.38. The molecule has 1 heterocycles. The normalized spacial score (nSPS) is 20.0. The molecule has 2 aromatic rings. The quantitative estimate of drug-likeness (QED) is 0.851. The Hall–Kier alpha value is -1.63. The van der Waals surface area contributed by atoms with Crippen molar-refractivity contribution in [1.82, 2.24) is 4.72 Å². The molecule has 0 spiro atoms. The van der Waals surface area contributed by atoms with Gasteiger partial charge in [0.05, 0.1) is 10.7 Å². The van der Waals surface area contributed by atoms with Crippen molar-refractivity contribution in [1.29, 1.82) is 0 Å². The fourth-order valence-electron chi connectivity index (χ4n) is 2.07. The number of sulfonamides is 1. The molecule has 20 heavy (non-hydrogen) atoms. The van der Waals surface area contributed by atoms with Crippen LogP contribution in [0.25, 0.3) is 0 Å². The third-order valence-electron chi connectivity index (χ3n) is 3.03. The van der Waals surface area contributed by atoms with Gasteiger partial charge < -0.3 is 5.32 Å². The number of hydrogen-bond donors (Lipinski definition) is 2. The van der Waals surface area contributed by atoms with Gasteiger partial charge in [-0.3, -0.25) is 0 Å². The second-order valence-electron chi connectivity index (χ2n) is 4.37. The van der Waals surface area contributed by atoms with E-state index in [1.54, 1.807) is 24.3 Å². The van der Waals surface area contributed by atoms with Crippen molar-refractivity contribution < 1.29 is 12.8 Å². The summed E-state index contributed by atoms with van der Waals surface area (Å²) < 4.78 is 40.2.